The average molecular weight is 442 g/mol. The maximum atomic E-state index is 5.32. The van der Waals surface area contributed by atoms with Crippen LogP contribution in [0.3, 0.4) is 0 Å². The molecule has 0 saturated carbocycles. The molecule has 3 heteroatoms. The lowest BCUT2D eigenvalue weighted by molar-refractivity contribution is 0.337. The zero-order chi connectivity index (χ0) is 24.2. The minimum absolute atomic E-state index is 0.0669. The summed E-state index contributed by atoms with van der Waals surface area (Å²) in [6.07, 6.45) is 1.88. The first-order chi connectivity index (χ1) is 15.2. The molecule has 0 aliphatic carbocycles. The highest BCUT2D eigenvalue weighted by Gasteiger charge is 2.36. The minimum atomic E-state index is 0.0669. The Morgan fingerprint density at radius 3 is 1.97 bits per heavy atom. The number of nitrogens with zero attached hydrogens (tertiary/aromatic N) is 3. The molecule has 1 aliphatic rings. The second-order valence-electron chi connectivity index (χ2n) is 12.6. The Morgan fingerprint density at radius 1 is 0.788 bits per heavy atom. The van der Waals surface area contributed by atoms with Crippen molar-refractivity contribution in [3.05, 3.63) is 71.4 Å². The molecule has 0 fully saturated rings. The van der Waals surface area contributed by atoms with E-state index in [1.54, 1.807) is 0 Å². The molecule has 33 heavy (non-hydrogen) atoms. The van der Waals surface area contributed by atoms with Crippen molar-refractivity contribution in [2.24, 2.45) is 10.4 Å². The molecular formula is C30H39N3. The number of anilines is 1. The van der Waals surface area contributed by atoms with Gasteiger partial charge < -0.3 is 4.90 Å². The van der Waals surface area contributed by atoms with Crippen molar-refractivity contribution in [1.29, 1.82) is 0 Å². The van der Waals surface area contributed by atoms with Crippen LogP contribution in [0.1, 0.15) is 79.0 Å². The number of aromatic nitrogens is 1. The third-order valence-electron chi connectivity index (χ3n) is 6.72. The van der Waals surface area contributed by atoms with Crippen LogP contribution in [0.25, 0.3) is 10.9 Å². The maximum Gasteiger partial charge on any atom is 0.138 e. The van der Waals surface area contributed by atoms with Gasteiger partial charge in [-0.25, -0.2) is 0 Å². The lowest BCUT2D eigenvalue weighted by Crippen LogP contribution is -2.34. The van der Waals surface area contributed by atoms with Gasteiger partial charge in [0.25, 0.3) is 0 Å². The fourth-order valence-corrected chi connectivity index (χ4v) is 4.35. The Hall–Kier alpha value is -2.68. The van der Waals surface area contributed by atoms with Gasteiger partial charge in [-0.3, -0.25) is 9.98 Å². The van der Waals surface area contributed by atoms with Crippen molar-refractivity contribution in [3.63, 3.8) is 0 Å². The van der Waals surface area contributed by atoms with Crippen LogP contribution in [0.4, 0.5) is 5.69 Å². The highest BCUT2D eigenvalue weighted by atomic mass is 15.3. The zero-order valence-corrected chi connectivity index (χ0v) is 21.8. The van der Waals surface area contributed by atoms with Crippen LogP contribution in [-0.2, 0) is 10.8 Å². The predicted octanol–water partition coefficient (Wildman–Crippen LogP) is 7.51. The molecule has 0 radical (unpaired) electrons. The lowest BCUT2D eigenvalue weighted by Gasteiger charge is -2.31. The quantitative estimate of drug-likeness (QED) is 0.411. The van der Waals surface area contributed by atoms with Crippen LogP contribution in [-0.4, -0.2) is 23.4 Å². The zero-order valence-electron chi connectivity index (χ0n) is 21.8. The number of fused-ring (bicyclic) bond motifs is 1. The number of benzene rings is 2. The van der Waals surface area contributed by atoms with E-state index in [-0.39, 0.29) is 22.3 Å². The van der Waals surface area contributed by atoms with Crippen molar-refractivity contribution in [2.45, 2.75) is 79.2 Å². The molecule has 174 valence electrons. The van der Waals surface area contributed by atoms with E-state index in [2.05, 4.69) is 110 Å². The number of hydrogen-bond acceptors (Lipinski definition) is 3. The van der Waals surface area contributed by atoms with Crippen LogP contribution in [0, 0.1) is 5.41 Å². The Kier molecular flexibility index (Phi) is 5.67. The van der Waals surface area contributed by atoms with Crippen LogP contribution in [0.5, 0.6) is 0 Å². The molecule has 1 atom stereocenters. The lowest BCUT2D eigenvalue weighted by atomic mass is 9.80. The summed E-state index contributed by atoms with van der Waals surface area (Å²) in [5, 5.41) is 1.15. The van der Waals surface area contributed by atoms with Gasteiger partial charge in [0, 0.05) is 29.4 Å². The second kappa shape index (κ2) is 7.97. The van der Waals surface area contributed by atoms with Gasteiger partial charge in [-0.05, 0) is 51.6 Å². The SMILES string of the molecule is CC(C)(C)c1cc(N2C[C@H](C(C)(C)C)N=C2c2cccc3cccnc23)cc(C(C)(C)C)c1. The van der Waals surface area contributed by atoms with E-state index in [9.17, 15) is 0 Å². The molecule has 0 unspecified atom stereocenters. The fraction of sp³-hybridized carbons (Fsp3) is 0.467. The normalized spacial score (nSPS) is 17.5. The molecule has 0 saturated heterocycles. The fourth-order valence-electron chi connectivity index (χ4n) is 4.35. The van der Waals surface area contributed by atoms with Crippen molar-refractivity contribution >= 4 is 22.4 Å². The molecule has 1 aromatic heterocycles. The smallest absolute Gasteiger partial charge is 0.138 e. The molecule has 3 nitrogen and oxygen atoms in total. The Balaban J connectivity index is 1.93. The van der Waals surface area contributed by atoms with Crippen LogP contribution in [0.2, 0.25) is 0 Å². The number of rotatable bonds is 2. The topological polar surface area (TPSA) is 28.5 Å². The monoisotopic (exact) mass is 441 g/mol. The summed E-state index contributed by atoms with van der Waals surface area (Å²) in [5.74, 6) is 1.03. The van der Waals surface area contributed by atoms with Gasteiger partial charge >= 0.3 is 0 Å². The molecular weight excluding hydrogens is 402 g/mol. The highest BCUT2D eigenvalue weighted by molar-refractivity contribution is 6.17. The van der Waals surface area contributed by atoms with E-state index in [1.807, 2.05) is 12.3 Å². The standard InChI is InChI=1S/C30H39N3/c1-28(2,3)21-16-22(29(4,5)6)18-23(17-21)33-19-25(30(7,8)9)32-27(33)24-14-10-12-20-13-11-15-31-26(20)24/h10-18,25H,19H2,1-9H3/t25-/m1/s1. The summed E-state index contributed by atoms with van der Waals surface area (Å²) >= 11 is 0. The van der Waals surface area contributed by atoms with Crippen molar-refractivity contribution in [2.75, 3.05) is 11.4 Å². The number of amidine groups is 1. The van der Waals surface area contributed by atoms with Gasteiger partial charge in [0.15, 0.2) is 0 Å². The van der Waals surface area contributed by atoms with Crippen molar-refractivity contribution in [3.8, 4) is 0 Å². The number of pyridine rings is 1. The van der Waals surface area contributed by atoms with Gasteiger partial charge in [-0.1, -0.05) is 86.6 Å². The molecule has 3 aromatic rings. The largest absolute Gasteiger partial charge is 0.324 e. The van der Waals surface area contributed by atoms with Gasteiger partial charge in [0.2, 0.25) is 0 Å². The van der Waals surface area contributed by atoms with Gasteiger partial charge in [0.1, 0.15) is 5.84 Å². The number of para-hydroxylation sites is 1. The van der Waals surface area contributed by atoms with Crippen molar-refractivity contribution in [1.82, 2.24) is 4.98 Å². The summed E-state index contributed by atoms with van der Waals surface area (Å²) in [6.45, 7) is 21.5. The maximum absolute atomic E-state index is 5.32. The first-order valence-electron chi connectivity index (χ1n) is 12.1. The molecule has 2 heterocycles. The van der Waals surface area contributed by atoms with E-state index in [1.165, 1.54) is 16.8 Å². The van der Waals surface area contributed by atoms with Gasteiger partial charge in [-0.15, -0.1) is 0 Å². The highest BCUT2D eigenvalue weighted by Crippen LogP contribution is 2.38. The molecule has 1 aliphatic heterocycles. The molecule has 0 bridgehead atoms. The minimum Gasteiger partial charge on any atom is -0.324 e. The Bertz CT molecular complexity index is 1160. The summed E-state index contributed by atoms with van der Waals surface area (Å²) < 4.78 is 0. The summed E-state index contributed by atoms with van der Waals surface area (Å²) in [4.78, 5) is 12.5. The second-order valence-corrected chi connectivity index (χ2v) is 12.6. The van der Waals surface area contributed by atoms with E-state index >= 15 is 0 Å². The van der Waals surface area contributed by atoms with E-state index in [4.69, 9.17) is 9.98 Å². The Labute approximate surface area is 200 Å². The van der Waals surface area contributed by atoms with E-state index in [0.29, 0.717) is 0 Å². The van der Waals surface area contributed by atoms with E-state index in [0.717, 1.165) is 28.8 Å². The van der Waals surface area contributed by atoms with Gasteiger partial charge in [0.05, 0.1) is 11.6 Å². The first kappa shape index (κ1) is 23.5. The summed E-state index contributed by atoms with van der Waals surface area (Å²) in [7, 11) is 0. The molecule has 4 rings (SSSR count). The molecule has 2 aromatic carbocycles. The van der Waals surface area contributed by atoms with Crippen LogP contribution < -0.4 is 4.90 Å². The Morgan fingerprint density at radius 2 is 1.39 bits per heavy atom. The third kappa shape index (κ3) is 4.69. The third-order valence-corrected chi connectivity index (χ3v) is 6.72. The predicted molar refractivity (Wildman–Crippen MR) is 143 cm³/mol. The van der Waals surface area contributed by atoms with Crippen LogP contribution >= 0.6 is 0 Å². The number of aliphatic imine (C=N–C) groups is 1. The number of hydrogen-bond donors (Lipinski definition) is 0. The molecule has 0 N–H and O–H groups in total. The van der Waals surface area contributed by atoms with Crippen molar-refractivity contribution < 1.29 is 0 Å². The first-order valence-corrected chi connectivity index (χ1v) is 12.1. The molecule has 0 amide bonds. The molecule has 0 spiro atoms. The average Bonchev–Trinajstić information content (AvgIpc) is 3.17. The summed E-state index contributed by atoms with van der Waals surface area (Å²) in [6, 6.07) is 17.9. The van der Waals surface area contributed by atoms with E-state index < -0.39 is 0 Å². The van der Waals surface area contributed by atoms with Gasteiger partial charge in [-0.2, -0.15) is 0 Å². The van der Waals surface area contributed by atoms with Crippen LogP contribution in [0.15, 0.2) is 59.7 Å². The summed E-state index contributed by atoms with van der Waals surface area (Å²) in [5.41, 5.74) is 6.28.